The molecule has 0 spiro atoms. The molecule has 0 bridgehead atoms. The first-order chi connectivity index (χ1) is 12.5. The van der Waals surface area contributed by atoms with Crippen LogP contribution >= 0.6 is 0 Å². The molecular formula is C20H20N4O2. The van der Waals surface area contributed by atoms with E-state index in [1.165, 1.54) is 6.08 Å². The van der Waals surface area contributed by atoms with Crippen molar-refractivity contribution < 1.29 is 9.90 Å². The third kappa shape index (κ3) is 2.63. The predicted molar refractivity (Wildman–Crippen MR) is 99.7 cm³/mol. The van der Waals surface area contributed by atoms with Gasteiger partial charge in [-0.3, -0.25) is 4.79 Å². The highest BCUT2D eigenvalue weighted by molar-refractivity contribution is 5.87. The van der Waals surface area contributed by atoms with Crippen molar-refractivity contribution >= 4 is 16.9 Å². The number of phenolic OH excluding ortho intramolecular Hbond substituents is 1. The molecule has 6 nitrogen and oxygen atoms in total. The molecule has 0 saturated carbocycles. The van der Waals surface area contributed by atoms with Crippen molar-refractivity contribution in [1.29, 1.82) is 0 Å². The Morgan fingerprint density at radius 3 is 2.92 bits per heavy atom. The lowest BCUT2D eigenvalue weighted by molar-refractivity contribution is -0.125. The summed E-state index contributed by atoms with van der Waals surface area (Å²) < 4.78 is 0. The first-order valence-electron chi connectivity index (χ1n) is 8.57. The van der Waals surface area contributed by atoms with Crippen LogP contribution in [0.4, 0.5) is 0 Å². The molecule has 26 heavy (non-hydrogen) atoms. The number of H-pyrrole nitrogens is 1. The van der Waals surface area contributed by atoms with Crippen LogP contribution in [0.25, 0.3) is 22.3 Å². The number of hydrogen-bond acceptors (Lipinski definition) is 4. The molecule has 1 atom stereocenters. The van der Waals surface area contributed by atoms with Crippen molar-refractivity contribution in [1.82, 2.24) is 20.1 Å². The summed E-state index contributed by atoms with van der Waals surface area (Å²) in [5, 5.41) is 19.5. The van der Waals surface area contributed by atoms with Crippen LogP contribution in [-0.4, -0.2) is 44.2 Å². The highest BCUT2D eigenvalue weighted by Gasteiger charge is 2.38. The van der Waals surface area contributed by atoms with Gasteiger partial charge in [0, 0.05) is 35.1 Å². The number of amides is 1. The molecule has 1 saturated heterocycles. The van der Waals surface area contributed by atoms with Crippen molar-refractivity contribution in [2.45, 2.75) is 18.8 Å². The molecule has 1 amide bonds. The van der Waals surface area contributed by atoms with Gasteiger partial charge in [-0.1, -0.05) is 25.6 Å². The number of aromatic hydroxyl groups is 1. The second-order valence-corrected chi connectivity index (χ2v) is 7.01. The minimum Gasteiger partial charge on any atom is -0.507 e. The Balaban J connectivity index is 1.69. The van der Waals surface area contributed by atoms with E-state index in [0.29, 0.717) is 30.0 Å². The van der Waals surface area contributed by atoms with Gasteiger partial charge in [0.05, 0.1) is 5.69 Å². The number of carbonyl (C=O) groups is 1. The van der Waals surface area contributed by atoms with Gasteiger partial charge in [-0.25, -0.2) is 0 Å². The summed E-state index contributed by atoms with van der Waals surface area (Å²) in [5.41, 5.74) is 2.86. The Labute approximate surface area is 151 Å². The van der Waals surface area contributed by atoms with Crippen LogP contribution in [0.3, 0.4) is 0 Å². The van der Waals surface area contributed by atoms with Crippen LogP contribution in [0, 0.1) is 0 Å². The zero-order valence-corrected chi connectivity index (χ0v) is 14.6. The Morgan fingerprint density at radius 1 is 1.35 bits per heavy atom. The first-order valence-corrected chi connectivity index (χ1v) is 8.57. The van der Waals surface area contributed by atoms with Crippen molar-refractivity contribution in [3.8, 4) is 17.0 Å². The lowest BCUT2D eigenvalue weighted by atomic mass is 9.86. The average Bonchev–Trinajstić information content (AvgIpc) is 3.26. The molecule has 2 N–H and O–H groups in total. The average molecular weight is 348 g/mol. The SMILES string of the molecule is C=CC(=O)N1CC[C@@](C)(c2cc3cc(-c4ccccc4O)nnc3[nH]2)C1. The van der Waals surface area contributed by atoms with Crippen molar-refractivity contribution in [3.63, 3.8) is 0 Å². The predicted octanol–water partition coefficient (Wildman–Crippen LogP) is 3.01. The van der Waals surface area contributed by atoms with Gasteiger partial charge in [-0.2, -0.15) is 0 Å². The van der Waals surface area contributed by atoms with E-state index in [-0.39, 0.29) is 17.1 Å². The largest absolute Gasteiger partial charge is 0.507 e. The fourth-order valence-corrected chi connectivity index (χ4v) is 3.58. The van der Waals surface area contributed by atoms with Crippen LogP contribution < -0.4 is 0 Å². The van der Waals surface area contributed by atoms with Crippen LogP contribution in [0.15, 0.2) is 49.1 Å². The van der Waals surface area contributed by atoms with Gasteiger partial charge < -0.3 is 15.0 Å². The molecular weight excluding hydrogens is 328 g/mol. The van der Waals surface area contributed by atoms with Gasteiger partial charge in [0.1, 0.15) is 5.75 Å². The van der Waals surface area contributed by atoms with Crippen molar-refractivity contribution in [2.75, 3.05) is 13.1 Å². The molecule has 3 heterocycles. The Hall–Kier alpha value is -3.15. The number of phenols is 1. The van der Waals surface area contributed by atoms with Crippen LogP contribution in [0.1, 0.15) is 19.0 Å². The molecule has 1 aromatic carbocycles. The van der Waals surface area contributed by atoms with E-state index < -0.39 is 0 Å². The lowest BCUT2D eigenvalue weighted by Crippen LogP contribution is -2.31. The van der Waals surface area contributed by atoms with E-state index >= 15 is 0 Å². The minimum absolute atomic E-state index is 0.0357. The standard InChI is InChI=1S/C20H20N4O2/c1-3-18(26)24-9-8-20(2,12-24)17-11-13-10-15(22-23-19(13)21-17)14-6-4-5-7-16(14)25/h3-7,10-11,25H,1,8-9,12H2,2H3,(H,21,23)/t20-/m1/s1. The van der Waals surface area contributed by atoms with Gasteiger partial charge in [0.15, 0.2) is 5.65 Å². The number of rotatable bonds is 3. The van der Waals surface area contributed by atoms with E-state index in [9.17, 15) is 9.90 Å². The summed E-state index contributed by atoms with van der Waals surface area (Å²) in [7, 11) is 0. The normalized spacial score (nSPS) is 19.8. The number of nitrogens with one attached hydrogen (secondary N) is 1. The van der Waals surface area contributed by atoms with Gasteiger partial charge in [0.2, 0.25) is 5.91 Å². The molecule has 6 heteroatoms. The topological polar surface area (TPSA) is 82.1 Å². The first kappa shape index (κ1) is 16.3. The molecule has 1 fully saturated rings. The molecule has 2 aromatic heterocycles. The van der Waals surface area contributed by atoms with Crippen molar-refractivity contribution in [3.05, 3.63) is 54.7 Å². The Morgan fingerprint density at radius 2 is 2.15 bits per heavy atom. The molecule has 1 aliphatic heterocycles. The van der Waals surface area contributed by atoms with Crippen LogP contribution in [-0.2, 0) is 10.2 Å². The molecule has 3 aromatic rings. The monoisotopic (exact) mass is 348 g/mol. The van der Waals surface area contributed by atoms with E-state index in [4.69, 9.17) is 0 Å². The zero-order valence-electron chi connectivity index (χ0n) is 14.6. The number of para-hydroxylation sites is 1. The molecule has 4 rings (SSSR count). The summed E-state index contributed by atoms with van der Waals surface area (Å²) >= 11 is 0. The van der Waals surface area contributed by atoms with Gasteiger partial charge in [-0.15, -0.1) is 10.2 Å². The smallest absolute Gasteiger partial charge is 0.245 e. The Kier molecular flexibility index (Phi) is 3.76. The number of nitrogens with zero attached hydrogens (tertiary/aromatic N) is 3. The van der Waals surface area contributed by atoms with E-state index in [1.54, 1.807) is 12.1 Å². The number of benzene rings is 1. The molecule has 132 valence electrons. The number of fused-ring (bicyclic) bond motifs is 1. The lowest BCUT2D eigenvalue weighted by Gasteiger charge is -2.23. The minimum atomic E-state index is -0.158. The van der Waals surface area contributed by atoms with Gasteiger partial charge in [-0.05, 0) is 36.8 Å². The molecule has 0 radical (unpaired) electrons. The second-order valence-electron chi connectivity index (χ2n) is 7.01. The number of likely N-dealkylation sites (tertiary alicyclic amines) is 1. The molecule has 0 aliphatic carbocycles. The van der Waals surface area contributed by atoms with E-state index in [2.05, 4.69) is 34.8 Å². The molecule has 0 unspecified atom stereocenters. The maximum Gasteiger partial charge on any atom is 0.245 e. The van der Waals surface area contributed by atoms with E-state index in [1.807, 2.05) is 23.1 Å². The maximum atomic E-state index is 11.9. The van der Waals surface area contributed by atoms with E-state index in [0.717, 1.165) is 17.5 Å². The summed E-state index contributed by atoms with van der Waals surface area (Å²) in [6.45, 7) is 7.07. The summed E-state index contributed by atoms with van der Waals surface area (Å²) in [6, 6.07) is 11.1. The number of aromatic amines is 1. The summed E-state index contributed by atoms with van der Waals surface area (Å²) in [4.78, 5) is 17.1. The quantitative estimate of drug-likeness (QED) is 0.713. The third-order valence-electron chi connectivity index (χ3n) is 5.17. The molecule has 1 aliphatic rings. The van der Waals surface area contributed by atoms with Gasteiger partial charge in [0.25, 0.3) is 0 Å². The highest BCUT2D eigenvalue weighted by Crippen LogP contribution is 2.36. The second kappa shape index (κ2) is 5.98. The van der Waals surface area contributed by atoms with Crippen LogP contribution in [0.5, 0.6) is 5.75 Å². The zero-order chi connectivity index (χ0) is 18.3. The maximum absolute atomic E-state index is 11.9. The summed E-state index contributed by atoms with van der Waals surface area (Å²) in [6.07, 6.45) is 2.24. The van der Waals surface area contributed by atoms with Crippen LogP contribution in [0.2, 0.25) is 0 Å². The number of hydrogen-bond donors (Lipinski definition) is 2. The number of aromatic nitrogens is 3. The highest BCUT2D eigenvalue weighted by atomic mass is 16.3. The third-order valence-corrected chi connectivity index (χ3v) is 5.17. The summed E-state index contributed by atoms with van der Waals surface area (Å²) in [5.74, 6) is 0.143. The van der Waals surface area contributed by atoms with Gasteiger partial charge >= 0.3 is 0 Å². The fourth-order valence-electron chi connectivity index (χ4n) is 3.58. The van der Waals surface area contributed by atoms with Crippen molar-refractivity contribution in [2.24, 2.45) is 0 Å². The Bertz CT molecular complexity index is 1010. The fraction of sp³-hybridized carbons (Fsp3) is 0.250. The number of carbonyl (C=O) groups excluding carboxylic acids is 1.